The summed E-state index contributed by atoms with van der Waals surface area (Å²) in [5, 5.41) is 4.10. The van der Waals surface area contributed by atoms with Crippen molar-refractivity contribution >= 4 is 11.6 Å². The fraction of sp³-hybridized carbons (Fsp3) is 0.318. The molecule has 1 aliphatic heterocycles. The molecule has 30 heavy (non-hydrogen) atoms. The van der Waals surface area contributed by atoms with E-state index in [-0.39, 0.29) is 11.8 Å². The van der Waals surface area contributed by atoms with Crippen LogP contribution in [0.2, 0.25) is 0 Å². The van der Waals surface area contributed by atoms with E-state index in [1.807, 2.05) is 37.3 Å². The van der Waals surface area contributed by atoms with E-state index in [4.69, 9.17) is 18.7 Å². The lowest BCUT2D eigenvalue weighted by atomic mass is 10.1. The molecule has 156 valence electrons. The Morgan fingerprint density at radius 2 is 1.87 bits per heavy atom. The van der Waals surface area contributed by atoms with E-state index in [9.17, 15) is 4.79 Å². The molecule has 3 aromatic rings. The van der Waals surface area contributed by atoms with Gasteiger partial charge in [0, 0.05) is 24.7 Å². The van der Waals surface area contributed by atoms with Crippen LogP contribution in [-0.2, 0) is 4.79 Å². The molecule has 0 bridgehead atoms. The third-order valence-corrected chi connectivity index (χ3v) is 5.03. The van der Waals surface area contributed by atoms with Crippen molar-refractivity contribution in [1.82, 2.24) is 10.1 Å². The van der Waals surface area contributed by atoms with Crippen molar-refractivity contribution in [3.8, 4) is 28.6 Å². The lowest BCUT2D eigenvalue weighted by Gasteiger charge is -2.16. The van der Waals surface area contributed by atoms with Crippen LogP contribution < -0.4 is 19.1 Å². The molecule has 0 unspecified atom stereocenters. The molecule has 2 aromatic carbocycles. The van der Waals surface area contributed by atoms with E-state index in [1.165, 1.54) is 0 Å². The van der Waals surface area contributed by atoms with Crippen molar-refractivity contribution in [3.05, 3.63) is 48.4 Å². The summed E-state index contributed by atoms with van der Waals surface area (Å²) in [4.78, 5) is 18.9. The summed E-state index contributed by atoms with van der Waals surface area (Å²) < 4.78 is 21.6. The van der Waals surface area contributed by atoms with Crippen molar-refractivity contribution in [2.45, 2.75) is 19.3 Å². The molecule has 1 aromatic heterocycles. The first-order chi connectivity index (χ1) is 14.6. The molecule has 0 saturated carbocycles. The zero-order valence-corrected chi connectivity index (χ0v) is 17.1. The highest BCUT2D eigenvalue weighted by Crippen LogP contribution is 2.35. The van der Waals surface area contributed by atoms with Crippen molar-refractivity contribution in [2.75, 3.05) is 32.3 Å². The molecule has 0 aliphatic carbocycles. The summed E-state index contributed by atoms with van der Waals surface area (Å²) in [5.74, 6) is 2.73. The zero-order valence-electron chi connectivity index (χ0n) is 17.1. The van der Waals surface area contributed by atoms with Crippen molar-refractivity contribution in [2.24, 2.45) is 0 Å². The van der Waals surface area contributed by atoms with Gasteiger partial charge in [-0.2, -0.15) is 4.98 Å². The number of methoxy groups -OCH3 is 2. The number of benzene rings is 2. The molecule has 0 N–H and O–H groups in total. The summed E-state index contributed by atoms with van der Waals surface area (Å²) in [6.07, 6.45) is 0.314. The smallest absolute Gasteiger partial charge is 0.232 e. The number of carbonyl (C=O) groups is 1. The van der Waals surface area contributed by atoms with E-state index in [0.717, 1.165) is 11.4 Å². The number of rotatable bonds is 7. The first-order valence-corrected chi connectivity index (χ1v) is 9.72. The molecule has 1 saturated heterocycles. The number of aromatic nitrogens is 2. The maximum Gasteiger partial charge on any atom is 0.232 e. The number of nitrogens with zero attached hydrogens (tertiary/aromatic N) is 3. The quantitative estimate of drug-likeness (QED) is 0.588. The summed E-state index contributed by atoms with van der Waals surface area (Å²) in [6, 6.07) is 12.9. The van der Waals surface area contributed by atoms with Crippen LogP contribution in [0.5, 0.6) is 17.2 Å². The van der Waals surface area contributed by atoms with Crippen LogP contribution in [0.25, 0.3) is 11.4 Å². The normalized spacial score (nSPS) is 16.0. The van der Waals surface area contributed by atoms with Crippen molar-refractivity contribution in [3.63, 3.8) is 0 Å². The lowest BCUT2D eigenvalue weighted by Crippen LogP contribution is -2.24. The van der Waals surface area contributed by atoms with Gasteiger partial charge in [-0.25, -0.2) is 0 Å². The molecule has 2 heterocycles. The molecule has 1 atom stereocenters. The van der Waals surface area contributed by atoms with Gasteiger partial charge in [0.15, 0.2) is 0 Å². The van der Waals surface area contributed by atoms with Crippen molar-refractivity contribution < 1.29 is 23.5 Å². The molecular weight excluding hydrogens is 386 g/mol. The summed E-state index contributed by atoms with van der Waals surface area (Å²) >= 11 is 0. The van der Waals surface area contributed by atoms with E-state index in [0.29, 0.717) is 48.4 Å². The van der Waals surface area contributed by atoms with Gasteiger partial charge in [-0.15, -0.1) is 0 Å². The van der Waals surface area contributed by atoms with E-state index in [2.05, 4.69) is 10.1 Å². The van der Waals surface area contributed by atoms with Gasteiger partial charge in [-0.1, -0.05) is 5.16 Å². The average molecular weight is 409 g/mol. The third kappa shape index (κ3) is 3.80. The second-order valence-electron chi connectivity index (χ2n) is 6.85. The highest BCUT2D eigenvalue weighted by molar-refractivity contribution is 5.96. The fourth-order valence-electron chi connectivity index (χ4n) is 3.51. The molecule has 0 spiro atoms. The summed E-state index contributed by atoms with van der Waals surface area (Å²) in [6.45, 7) is 3.01. The van der Waals surface area contributed by atoms with E-state index in [1.54, 1.807) is 31.3 Å². The predicted molar refractivity (Wildman–Crippen MR) is 110 cm³/mol. The molecule has 8 heteroatoms. The van der Waals surface area contributed by atoms with Crippen LogP contribution in [0.15, 0.2) is 47.0 Å². The molecule has 4 rings (SSSR count). The van der Waals surface area contributed by atoms with Gasteiger partial charge in [0.1, 0.15) is 17.2 Å². The maximum absolute atomic E-state index is 12.6. The second-order valence-corrected chi connectivity index (χ2v) is 6.85. The molecule has 1 fully saturated rings. The van der Waals surface area contributed by atoms with Gasteiger partial charge >= 0.3 is 0 Å². The number of hydrogen-bond acceptors (Lipinski definition) is 7. The van der Waals surface area contributed by atoms with E-state index >= 15 is 0 Å². The zero-order chi connectivity index (χ0) is 21.1. The minimum absolute atomic E-state index is 0.0194. The van der Waals surface area contributed by atoms with Crippen LogP contribution in [0.4, 0.5) is 5.69 Å². The van der Waals surface area contributed by atoms with Gasteiger partial charge in [-0.3, -0.25) is 4.79 Å². The second kappa shape index (κ2) is 8.44. The first-order valence-electron chi connectivity index (χ1n) is 9.72. The highest BCUT2D eigenvalue weighted by Gasteiger charge is 2.35. The van der Waals surface area contributed by atoms with Crippen LogP contribution >= 0.6 is 0 Å². The van der Waals surface area contributed by atoms with Crippen LogP contribution in [0.1, 0.15) is 25.2 Å². The predicted octanol–water partition coefficient (Wildman–Crippen LogP) is 3.67. The number of ether oxygens (including phenoxy) is 3. The summed E-state index contributed by atoms with van der Waals surface area (Å²) in [5.41, 5.74) is 1.52. The minimum Gasteiger partial charge on any atom is -0.497 e. The topological polar surface area (TPSA) is 86.9 Å². The molecule has 1 amide bonds. The van der Waals surface area contributed by atoms with Gasteiger partial charge in [0.2, 0.25) is 17.6 Å². The Morgan fingerprint density at radius 3 is 2.57 bits per heavy atom. The number of hydrogen-bond donors (Lipinski definition) is 0. The van der Waals surface area contributed by atoms with Gasteiger partial charge < -0.3 is 23.6 Å². The number of anilines is 1. The Hall–Kier alpha value is -3.55. The van der Waals surface area contributed by atoms with Gasteiger partial charge in [0.25, 0.3) is 0 Å². The Morgan fingerprint density at radius 1 is 1.10 bits per heavy atom. The van der Waals surface area contributed by atoms with Crippen LogP contribution in [0, 0.1) is 0 Å². The Bertz CT molecular complexity index is 1030. The van der Waals surface area contributed by atoms with Crippen molar-refractivity contribution in [1.29, 1.82) is 0 Å². The van der Waals surface area contributed by atoms with Crippen LogP contribution in [-0.4, -0.2) is 43.4 Å². The standard InChI is InChI=1S/C22H23N3O5/c1-4-29-16-7-5-15(6-8-16)25-13-14(11-20(25)26)22-23-21(24-30-22)18-10-9-17(27-2)12-19(18)28-3/h5-10,12,14H,4,11,13H2,1-3H3/t14-/m0/s1. The SMILES string of the molecule is CCOc1ccc(N2C[C@@H](c3nc(-c4ccc(OC)cc4OC)no3)CC2=O)cc1. The van der Waals surface area contributed by atoms with Crippen LogP contribution in [0.3, 0.4) is 0 Å². The molecular formula is C22H23N3O5. The number of carbonyl (C=O) groups excluding carboxylic acids is 1. The highest BCUT2D eigenvalue weighted by atomic mass is 16.5. The monoisotopic (exact) mass is 409 g/mol. The first kappa shape index (κ1) is 19.8. The van der Waals surface area contributed by atoms with E-state index < -0.39 is 0 Å². The number of amides is 1. The minimum atomic E-state index is -0.172. The Balaban J connectivity index is 1.52. The van der Waals surface area contributed by atoms with Gasteiger partial charge in [-0.05, 0) is 43.3 Å². The lowest BCUT2D eigenvalue weighted by molar-refractivity contribution is -0.117. The fourth-order valence-corrected chi connectivity index (χ4v) is 3.51. The summed E-state index contributed by atoms with van der Waals surface area (Å²) in [7, 11) is 3.16. The average Bonchev–Trinajstić information content (AvgIpc) is 3.41. The maximum atomic E-state index is 12.6. The molecule has 1 aliphatic rings. The third-order valence-electron chi connectivity index (χ3n) is 5.03. The van der Waals surface area contributed by atoms with Gasteiger partial charge in [0.05, 0.1) is 32.3 Å². The Labute approximate surface area is 174 Å². The Kier molecular flexibility index (Phi) is 5.56. The molecule has 8 nitrogen and oxygen atoms in total. The molecule has 0 radical (unpaired) electrons. The largest absolute Gasteiger partial charge is 0.497 e.